The van der Waals surface area contributed by atoms with Crippen LogP contribution in [0.3, 0.4) is 0 Å². The Morgan fingerprint density at radius 3 is 2.64 bits per heavy atom. The first-order valence-electron chi connectivity index (χ1n) is 7.68. The van der Waals surface area contributed by atoms with Gasteiger partial charge in [-0.25, -0.2) is 9.97 Å². The van der Waals surface area contributed by atoms with Gasteiger partial charge in [0.1, 0.15) is 28.8 Å². The van der Waals surface area contributed by atoms with Gasteiger partial charge in [-0.1, -0.05) is 43.3 Å². The maximum Gasteiger partial charge on any atom is 0.143 e. The van der Waals surface area contributed by atoms with Crippen molar-refractivity contribution in [3.05, 3.63) is 83.5 Å². The van der Waals surface area contributed by atoms with Crippen LogP contribution in [0.15, 0.2) is 67.2 Å². The Morgan fingerprint density at radius 1 is 1.28 bits per heavy atom. The summed E-state index contributed by atoms with van der Waals surface area (Å²) in [5, 5.41) is 8.42. The molecule has 128 valence electrons. The van der Waals surface area contributed by atoms with Gasteiger partial charge in [-0.15, -0.1) is 0 Å². The molecule has 5 nitrogen and oxygen atoms in total. The Hall–Kier alpha value is -2.92. The molecule has 2 aromatic rings. The molecular weight excluding hydrogens is 336 g/mol. The molecule has 0 amide bonds. The first-order valence-corrected chi connectivity index (χ1v) is 8.06. The van der Waals surface area contributed by atoms with Crippen LogP contribution in [-0.2, 0) is 0 Å². The molecule has 2 rings (SSSR count). The third kappa shape index (κ3) is 5.02. The van der Waals surface area contributed by atoms with E-state index < -0.39 is 0 Å². The monoisotopic (exact) mass is 354 g/mol. The summed E-state index contributed by atoms with van der Waals surface area (Å²) in [6.07, 6.45) is 9.87. The van der Waals surface area contributed by atoms with Crippen molar-refractivity contribution in [2.45, 2.75) is 13.3 Å². The van der Waals surface area contributed by atoms with Crippen LogP contribution in [-0.4, -0.2) is 15.7 Å². The van der Waals surface area contributed by atoms with E-state index in [4.69, 9.17) is 27.5 Å². The zero-order chi connectivity index (χ0) is 18.2. The fourth-order valence-corrected chi connectivity index (χ4v) is 2.24. The smallest absolute Gasteiger partial charge is 0.143 e. The van der Waals surface area contributed by atoms with Crippen molar-refractivity contribution < 1.29 is 4.74 Å². The highest BCUT2D eigenvalue weighted by Gasteiger charge is 2.14. The van der Waals surface area contributed by atoms with Crippen LogP contribution >= 0.6 is 11.6 Å². The van der Waals surface area contributed by atoms with Crippen LogP contribution in [0.1, 0.15) is 24.5 Å². The molecule has 1 aromatic carbocycles. The molecule has 0 unspecified atom stereocenters. The molecular formula is C19H19ClN4O. The number of benzene rings is 1. The molecule has 0 aliphatic carbocycles. The molecule has 1 heterocycles. The van der Waals surface area contributed by atoms with Gasteiger partial charge in [0.25, 0.3) is 0 Å². The lowest BCUT2D eigenvalue weighted by atomic mass is 10.0. The van der Waals surface area contributed by atoms with Gasteiger partial charge in [0, 0.05) is 5.56 Å². The Balaban J connectivity index is 2.09. The van der Waals surface area contributed by atoms with Crippen molar-refractivity contribution in [3.8, 4) is 5.75 Å². The Labute approximate surface area is 152 Å². The highest BCUT2D eigenvalue weighted by atomic mass is 35.5. The molecule has 0 bridgehead atoms. The van der Waals surface area contributed by atoms with E-state index in [1.165, 1.54) is 6.33 Å². The second kappa shape index (κ2) is 8.80. The van der Waals surface area contributed by atoms with Crippen LogP contribution in [0, 0.1) is 5.41 Å². The third-order valence-electron chi connectivity index (χ3n) is 3.24. The van der Waals surface area contributed by atoms with Crippen molar-refractivity contribution in [2.24, 2.45) is 0 Å². The number of allylic oxidation sites excluding steroid dienone is 4. The molecule has 0 fully saturated rings. The molecule has 0 aliphatic rings. The fraction of sp³-hybridized carbons (Fsp3) is 0.105. The van der Waals surface area contributed by atoms with Crippen LogP contribution in [0.5, 0.6) is 5.75 Å². The van der Waals surface area contributed by atoms with E-state index in [0.717, 1.165) is 6.42 Å². The fourth-order valence-electron chi connectivity index (χ4n) is 2.00. The minimum absolute atomic E-state index is 0.150. The molecule has 0 saturated carbocycles. The number of aromatic nitrogens is 2. The Bertz CT molecular complexity index is 806. The summed E-state index contributed by atoms with van der Waals surface area (Å²) in [7, 11) is 0. The average Bonchev–Trinajstić information content (AvgIpc) is 2.59. The first-order chi connectivity index (χ1) is 12.0. The van der Waals surface area contributed by atoms with E-state index >= 15 is 0 Å². The van der Waals surface area contributed by atoms with Gasteiger partial charge >= 0.3 is 0 Å². The lowest BCUT2D eigenvalue weighted by Gasteiger charge is -2.09. The van der Waals surface area contributed by atoms with Crippen LogP contribution in [0.25, 0.3) is 0 Å². The van der Waals surface area contributed by atoms with Gasteiger partial charge in [-0.2, -0.15) is 0 Å². The minimum atomic E-state index is 0.150. The second-order valence-electron chi connectivity index (χ2n) is 5.09. The highest BCUT2D eigenvalue weighted by Crippen LogP contribution is 2.23. The predicted molar refractivity (Wildman–Crippen MR) is 102 cm³/mol. The summed E-state index contributed by atoms with van der Waals surface area (Å²) in [6, 6.07) is 6.99. The van der Waals surface area contributed by atoms with Crippen molar-refractivity contribution >= 4 is 23.1 Å². The largest absolute Gasteiger partial charge is 0.458 e. The van der Waals surface area contributed by atoms with E-state index in [-0.39, 0.29) is 16.7 Å². The van der Waals surface area contributed by atoms with E-state index in [1.54, 1.807) is 30.3 Å². The van der Waals surface area contributed by atoms with E-state index in [2.05, 4.69) is 23.5 Å². The van der Waals surface area contributed by atoms with Gasteiger partial charge in [0.15, 0.2) is 0 Å². The number of nitrogens with zero attached hydrogens (tertiary/aromatic N) is 2. The van der Waals surface area contributed by atoms with Gasteiger partial charge in [-0.3, -0.25) is 5.41 Å². The Morgan fingerprint density at radius 2 is 2.00 bits per heavy atom. The Kier molecular flexibility index (Phi) is 6.48. The van der Waals surface area contributed by atoms with E-state index in [9.17, 15) is 0 Å². The number of nitrogen functional groups attached to an aromatic ring is 1. The SMILES string of the molecule is C=C(/C=C\C=C/CC)Oc1ccc(C(=N)c2c(N)ncnc2Cl)cc1. The van der Waals surface area contributed by atoms with Gasteiger partial charge in [-0.05, 0) is 36.8 Å². The third-order valence-corrected chi connectivity index (χ3v) is 3.52. The van der Waals surface area contributed by atoms with Crippen LogP contribution in [0.4, 0.5) is 5.82 Å². The summed E-state index contributed by atoms with van der Waals surface area (Å²) < 4.78 is 5.62. The number of nitrogens with two attached hydrogens (primary N) is 1. The van der Waals surface area contributed by atoms with Crippen LogP contribution in [0.2, 0.25) is 5.15 Å². The quantitative estimate of drug-likeness (QED) is 0.331. The average molecular weight is 355 g/mol. The molecule has 25 heavy (non-hydrogen) atoms. The highest BCUT2D eigenvalue weighted by molar-refractivity contribution is 6.34. The summed E-state index contributed by atoms with van der Waals surface area (Å²) >= 11 is 6.02. The van der Waals surface area contributed by atoms with Crippen molar-refractivity contribution in [3.63, 3.8) is 0 Å². The van der Waals surface area contributed by atoms with E-state index in [1.807, 2.05) is 18.2 Å². The first kappa shape index (κ1) is 18.4. The summed E-state index contributed by atoms with van der Waals surface area (Å²) in [6.45, 7) is 5.91. The molecule has 0 aliphatic heterocycles. The van der Waals surface area contributed by atoms with Crippen molar-refractivity contribution in [2.75, 3.05) is 5.73 Å². The molecule has 0 saturated heterocycles. The summed E-state index contributed by atoms with van der Waals surface area (Å²) in [4.78, 5) is 7.75. The molecule has 0 radical (unpaired) electrons. The van der Waals surface area contributed by atoms with Crippen molar-refractivity contribution in [1.82, 2.24) is 9.97 Å². The number of ether oxygens (including phenoxy) is 1. The summed E-state index contributed by atoms with van der Waals surface area (Å²) in [5.41, 5.74) is 6.89. The zero-order valence-corrected chi connectivity index (χ0v) is 14.6. The number of anilines is 1. The number of hydrogen-bond donors (Lipinski definition) is 2. The van der Waals surface area contributed by atoms with E-state index in [0.29, 0.717) is 22.6 Å². The normalized spacial score (nSPS) is 11.1. The number of nitrogens with one attached hydrogen (secondary N) is 1. The number of rotatable bonds is 7. The minimum Gasteiger partial charge on any atom is -0.458 e. The molecule has 3 N–H and O–H groups in total. The van der Waals surface area contributed by atoms with Gasteiger partial charge in [0.05, 0.1) is 11.3 Å². The molecule has 0 spiro atoms. The zero-order valence-electron chi connectivity index (χ0n) is 13.9. The van der Waals surface area contributed by atoms with Crippen molar-refractivity contribution in [1.29, 1.82) is 5.41 Å². The summed E-state index contributed by atoms with van der Waals surface area (Å²) in [5.74, 6) is 1.31. The lowest BCUT2D eigenvalue weighted by molar-refractivity contribution is 0.447. The van der Waals surface area contributed by atoms with Gasteiger partial charge in [0.2, 0.25) is 0 Å². The number of halogens is 1. The molecule has 6 heteroatoms. The topological polar surface area (TPSA) is 84.9 Å². The molecule has 1 aromatic heterocycles. The van der Waals surface area contributed by atoms with Crippen LogP contribution < -0.4 is 10.5 Å². The standard InChI is InChI=1S/C19H19ClN4O/c1-3-4-5-6-7-13(2)25-15-10-8-14(9-11-15)17(21)16-18(20)23-12-24-19(16)22/h4-12,21H,2-3H2,1H3,(H2,22,23,24)/b5-4-,7-6-,21-17?. The predicted octanol–water partition coefficient (Wildman–Crippen LogP) is 4.54. The maximum absolute atomic E-state index is 8.27. The number of hydrogen-bond acceptors (Lipinski definition) is 5. The van der Waals surface area contributed by atoms with Gasteiger partial charge < -0.3 is 10.5 Å². The second-order valence-corrected chi connectivity index (χ2v) is 5.45. The maximum atomic E-state index is 8.27. The molecule has 0 atom stereocenters. The lowest BCUT2D eigenvalue weighted by Crippen LogP contribution is -2.09.